The van der Waals surface area contributed by atoms with Crippen molar-refractivity contribution in [1.29, 1.82) is 0 Å². The van der Waals surface area contributed by atoms with E-state index >= 15 is 0 Å². The Morgan fingerprint density at radius 1 is 0.500 bits per heavy atom. The van der Waals surface area contributed by atoms with Crippen LogP contribution in [0.2, 0.25) is 0 Å². The number of rotatable bonds is 10. The van der Waals surface area contributed by atoms with E-state index in [4.69, 9.17) is 0 Å². The number of anilines is 4. The molecular weight excluding hydrogens is 813 g/mol. The third kappa shape index (κ3) is 7.89. The molecule has 0 spiro atoms. The van der Waals surface area contributed by atoms with Crippen molar-refractivity contribution in [2.75, 3.05) is 20.1 Å². The summed E-state index contributed by atoms with van der Waals surface area (Å²) in [6.45, 7) is 2.92. The average molecular weight is 843 g/mol. The number of fused-ring (bicyclic) bond motifs is 2. The molecule has 6 aromatic rings. The van der Waals surface area contributed by atoms with Crippen LogP contribution in [0, 0.1) is 13.8 Å². The van der Waals surface area contributed by atoms with Crippen LogP contribution in [0.5, 0.6) is 11.5 Å². The van der Waals surface area contributed by atoms with Gasteiger partial charge in [-0.05, 0) is 85.6 Å². The van der Waals surface area contributed by atoms with Crippen molar-refractivity contribution in [3.63, 3.8) is 0 Å². The zero-order valence-corrected chi connectivity index (χ0v) is 32.1. The van der Waals surface area contributed by atoms with Crippen molar-refractivity contribution < 1.29 is 57.8 Å². The Balaban J connectivity index is 1.26. The Morgan fingerprint density at radius 2 is 0.875 bits per heavy atom. The number of benzene rings is 6. The average Bonchev–Trinajstić information content (AvgIpc) is 3.11. The Labute approximate surface area is 320 Å². The molecule has 0 aliphatic carbocycles. The second kappa shape index (κ2) is 14.3. The number of nitrogens with one attached hydrogen (secondary N) is 4. The highest BCUT2D eigenvalue weighted by Crippen LogP contribution is 2.38. The third-order valence-corrected chi connectivity index (χ3v) is 13.3. The van der Waals surface area contributed by atoms with Gasteiger partial charge in [0.25, 0.3) is 40.3 Å². The van der Waals surface area contributed by atoms with Gasteiger partial charge in [-0.3, -0.25) is 18.5 Å². The maximum absolute atomic E-state index is 13.7. The molecule has 0 unspecified atom stereocenters. The molecule has 0 radical (unpaired) electrons. The Kier molecular flexibility index (Phi) is 10.1. The van der Waals surface area contributed by atoms with Gasteiger partial charge < -0.3 is 20.8 Å². The van der Waals surface area contributed by atoms with E-state index < -0.39 is 56.1 Å². The maximum atomic E-state index is 13.7. The molecule has 21 heteroatoms. The highest BCUT2D eigenvalue weighted by molar-refractivity contribution is 7.93. The minimum atomic E-state index is -4.86. The van der Waals surface area contributed by atoms with Gasteiger partial charge in [0.1, 0.15) is 21.3 Å². The van der Waals surface area contributed by atoms with Crippen LogP contribution in [-0.4, -0.2) is 59.0 Å². The number of phenols is 2. The first-order chi connectivity index (χ1) is 26.1. The van der Waals surface area contributed by atoms with Crippen molar-refractivity contribution in [2.24, 2.45) is 0 Å². The molecule has 0 aliphatic rings. The van der Waals surface area contributed by atoms with E-state index in [-0.39, 0.29) is 76.7 Å². The van der Waals surface area contributed by atoms with Crippen LogP contribution < -0.4 is 20.1 Å². The van der Waals surface area contributed by atoms with Gasteiger partial charge in [0, 0.05) is 32.9 Å². The summed E-state index contributed by atoms with van der Waals surface area (Å²) in [7, 11) is -18.8. The second-order valence-electron chi connectivity index (χ2n) is 12.3. The smallest absolute Gasteiger partial charge is 0.323 e. The highest BCUT2D eigenvalue weighted by atomic mass is 32.2. The molecule has 0 bridgehead atoms. The molecule has 0 aromatic heterocycles. The molecule has 0 aliphatic heterocycles. The number of sulfonamides is 2. The van der Waals surface area contributed by atoms with Crippen LogP contribution in [0.25, 0.3) is 21.5 Å². The van der Waals surface area contributed by atoms with E-state index in [1.807, 2.05) is 0 Å². The number of hydrogen-bond donors (Lipinski definition) is 8. The zero-order chi connectivity index (χ0) is 41.0. The lowest BCUT2D eigenvalue weighted by atomic mass is 10.1. The summed E-state index contributed by atoms with van der Waals surface area (Å²) in [6, 6.07) is 18.6. The molecule has 0 heterocycles. The zero-order valence-electron chi connectivity index (χ0n) is 28.8. The van der Waals surface area contributed by atoms with Gasteiger partial charge in [0.15, 0.2) is 0 Å². The van der Waals surface area contributed by atoms with Crippen LogP contribution in [0.1, 0.15) is 11.1 Å². The van der Waals surface area contributed by atoms with Gasteiger partial charge in [0.05, 0.1) is 21.2 Å². The molecule has 2 amide bonds. The van der Waals surface area contributed by atoms with Crippen LogP contribution >= 0.6 is 0 Å². The second-order valence-corrected chi connectivity index (χ2v) is 18.4. The fraction of sp³-hybridized carbons (Fsp3) is 0.0571. The maximum Gasteiger partial charge on any atom is 0.323 e. The number of hydrogen-bond acceptors (Lipinski definition) is 11. The van der Waals surface area contributed by atoms with Gasteiger partial charge in [-0.1, -0.05) is 36.4 Å². The topological polar surface area (TPSA) is 283 Å². The van der Waals surface area contributed by atoms with Crippen molar-refractivity contribution in [2.45, 2.75) is 33.4 Å². The lowest BCUT2D eigenvalue weighted by Gasteiger charge is -2.16. The monoisotopic (exact) mass is 842 g/mol. The standard InChI is InChI=1S/C35H30N4O13S4/c1-19-9-11-21(17-31(19)53(43,44)38-25-13-15-27(40)23-5-3-7-29(33(23)25)55(47,48)49)36-35(42)37-22-12-10-20(2)32(18-22)54(45,46)39-26-14-16-28(41)24-6-4-8-30(34(24)26)56(50,51)52/h3-18,38-41H,1-2H3,(H2,36,37,42)(H,47,48,49)(H,50,51,52). The summed E-state index contributed by atoms with van der Waals surface area (Å²) in [5.74, 6) is -0.756. The number of aromatic hydroxyl groups is 2. The number of phenolic OH excluding ortho intramolecular Hbond substituents is 2. The van der Waals surface area contributed by atoms with E-state index in [0.29, 0.717) is 0 Å². The molecule has 0 saturated carbocycles. The first-order valence-corrected chi connectivity index (χ1v) is 21.7. The van der Waals surface area contributed by atoms with Crippen molar-refractivity contribution in [3.8, 4) is 11.5 Å². The molecule has 0 saturated heterocycles. The number of carbonyl (C=O) groups is 1. The predicted octanol–water partition coefficient (Wildman–Crippen LogP) is 5.76. The molecule has 0 fully saturated rings. The predicted molar refractivity (Wildman–Crippen MR) is 207 cm³/mol. The van der Waals surface area contributed by atoms with Gasteiger partial charge in [-0.15, -0.1) is 0 Å². The van der Waals surface area contributed by atoms with Gasteiger partial charge in [-0.2, -0.15) is 16.8 Å². The van der Waals surface area contributed by atoms with Crippen molar-refractivity contribution >= 4 is 90.6 Å². The summed E-state index contributed by atoms with van der Waals surface area (Å²) in [4.78, 5) is 11.1. The molecule has 56 heavy (non-hydrogen) atoms. The first-order valence-electron chi connectivity index (χ1n) is 15.9. The van der Waals surface area contributed by atoms with E-state index in [0.717, 1.165) is 48.5 Å². The van der Waals surface area contributed by atoms with E-state index in [9.17, 15) is 57.8 Å². The van der Waals surface area contributed by atoms with Crippen LogP contribution in [-0.2, 0) is 40.3 Å². The summed E-state index contributed by atoms with van der Waals surface area (Å²) in [5, 5.41) is 24.8. The third-order valence-electron chi connectivity index (χ3n) is 8.47. The lowest BCUT2D eigenvalue weighted by molar-refractivity contribution is 0.262. The van der Waals surface area contributed by atoms with Crippen LogP contribution in [0.3, 0.4) is 0 Å². The summed E-state index contributed by atoms with van der Waals surface area (Å²) < 4.78 is 127. The van der Waals surface area contributed by atoms with Crippen molar-refractivity contribution in [1.82, 2.24) is 0 Å². The number of amides is 2. The minimum Gasteiger partial charge on any atom is -0.507 e. The summed E-state index contributed by atoms with van der Waals surface area (Å²) in [5.41, 5.74) is -0.186. The molecule has 8 N–H and O–H groups in total. The molecular formula is C35H30N4O13S4. The fourth-order valence-electron chi connectivity index (χ4n) is 5.94. The molecule has 6 aromatic carbocycles. The molecule has 0 atom stereocenters. The van der Waals surface area contributed by atoms with Crippen molar-refractivity contribution in [3.05, 3.63) is 108 Å². The normalized spacial score (nSPS) is 12.4. The van der Waals surface area contributed by atoms with Gasteiger partial charge in [-0.25, -0.2) is 21.6 Å². The summed E-state index contributed by atoms with van der Waals surface area (Å²) >= 11 is 0. The Bertz CT molecular complexity index is 2880. The van der Waals surface area contributed by atoms with E-state index in [1.165, 1.54) is 62.4 Å². The number of carbonyl (C=O) groups excluding carboxylic acids is 1. The minimum absolute atomic E-state index is 0.0295. The SMILES string of the molecule is Cc1ccc(NC(=O)Nc2ccc(C)c(S(=O)(=O)Nc3ccc(O)c4cccc(S(=O)(=O)O)c34)c2)cc1S(=O)(=O)Nc1ccc(O)c2cccc(S(=O)(=O)O)c12. The molecule has 6 rings (SSSR count). The van der Waals surface area contributed by atoms with E-state index in [2.05, 4.69) is 20.1 Å². The fourth-order valence-corrected chi connectivity index (χ4v) is 10.1. The lowest BCUT2D eigenvalue weighted by Crippen LogP contribution is -2.21. The highest BCUT2D eigenvalue weighted by Gasteiger charge is 2.26. The number of aryl methyl sites for hydroxylation is 2. The largest absolute Gasteiger partial charge is 0.507 e. The van der Waals surface area contributed by atoms with Gasteiger partial charge >= 0.3 is 6.03 Å². The molecule has 17 nitrogen and oxygen atoms in total. The first kappa shape index (κ1) is 39.7. The Hall–Kier alpha value is -5.97. The Morgan fingerprint density at radius 3 is 1.23 bits per heavy atom. The van der Waals surface area contributed by atoms with Gasteiger partial charge in [0.2, 0.25) is 0 Å². The molecule has 292 valence electrons. The quantitative estimate of drug-likeness (QED) is 0.0602. The van der Waals surface area contributed by atoms with E-state index in [1.54, 1.807) is 0 Å². The van der Waals surface area contributed by atoms with Crippen LogP contribution in [0.4, 0.5) is 27.5 Å². The number of urea groups is 1. The summed E-state index contributed by atoms with van der Waals surface area (Å²) in [6.07, 6.45) is 0. The van der Waals surface area contributed by atoms with Crippen LogP contribution in [0.15, 0.2) is 117 Å².